The predicted molar refractivity (Wildman–Crippen MR) is 90.3 cm³/mol. The van der Waals surface area contributed by atoms with E-state index in [9.17, 15) is 14.4 Å². The van der Waals surface area contributed by atoms with E-state index in [1.54, 1.807) is 34.6 Å². The molecule has 0 bridgehead atoms. The number of carbonyl (C=O) groups is 3. The lowest BCUT2D eigenvalue weighted by molar-refractivity contribution is -0.144. The number of carbonyl (C=O) groups excluding carboxylic acids is 3. The lowest BCUT2D eigenvalue weighted by Gasteiger charge is -2.26. The molecular formula is C15H28N2O5S. The Kier molecular flexibility index (Phi) is 9.04. The van der Waals surface area contributed by atoms with E-state index in [-0.39, 0.29) is 5.92 Å². The fourth-order valence-corrected chi connectivity index (χ4v) is 2.26. The van der Waals surface area contributed by atoms with Gasteiger partial charge in [0.15, 0.2) is 0 Å². The van der Waals surface area contributed by atoms with Gasteiger partial charge in [-0.05, 0) is 32.9 Å². The molecule has 7 nitrogen and oxygen atoms in total. The Hall–Kier alpha value is -1.44. The average molecular weight is 348 g/mol. The third-order valence-electron chi connectivity index (χ3n) is 2.76. The molecule has 23 heavy (non-hydrogen) atoms. The van der Waals surface area contributed by atoms with Gasteiger partial charge < -0.3 is 20.1 Å². The molecular weight excluding hydrogens is 320 g/mol. The number of methoxy groups -OCH3 is 1. The normalized spacial score (nSPS) is 13.9. The minimum Gasteiger partial charge on any atom is -0.467 e. The Morgan fingerprint density at radius 2 is 1.70 bits per heavy atom. The molecule has 0 radical (unpaired) electrons. The predicted octanol–water partition coefficient (Wildman–Crippen LogP) is 1.56. The molecule has 134 valence electrons. The van der Waals surface area contributed by atoms with Crippen LogP contribution in [0.15, 0.2) is 0 Å². The van der Waals surface area contributed by atoms with E-state index < -0.39 is 35.7 Å². The van der Waals surface area contributed by atoms with E-state index >= 15 is 0 Å². The molecule has 0 aliphatic carbocycles. The number of thioether (sulfide) groups is 1. The molecule has 0 aliphatic heterocycles. The van der Waals surface area contributed by atoms with Crippen LogP contribution in [0.5, 0.6) is 0 Å². The highest BCUT2D eigenvalue weighted by atomic mass is 32.2. The van der Waals surface area contributed by atoms with Crippen LogP contribution in [0.4, 0.5) is 4.79 Å². The van der Waals surface area contributed by atoms with Gasteiger partial charge >= 0.3 is 12.1 Å². The summed E-state index contributed by atoms with van der Waals surface area (Å²) in [4.78, 5) is 35.9. The van der Waals surface area contributed by atoms with Crippen molar-refractivity contribution in [3.05, 3.63) is 0 Å². The smallest absolute Gasteiger partial charge is 0.408 e. The molecule has 0 aromatic heterocycles. The van der Waals surface area contributed by atoms with E-state index in [4.69, 9.17) is 4.74 Å². The topological polar surface area (TPSA) is 93.7 Å². The summed E-state index contributed by atoms with van der Waals surface area (Å²) >= 11 is 1.41. The standard InChI is InChI=1S/C15H28N2O5S/c1-9(2)11(17-14(20)22-15(3,4)5)12(18)16-10(8-23-7)13(19)21-6/h9-11H,8H2,1-7H3,(H,16,18)(H,17,20)/t10-,11-/m0/s1. The Morgan fingerprint density at radius 1 is 1.13 bits per heavy atom. The van der Waals surface area contributed by atoms with Gasteiger partial charge in [0, 0.05) is 5.75 Å². The second-order valence-corrected chi connectivity index (χ2v) is 7.32. The first-order valence-corrected chi connectivity index (χ1v) is 8.77. The molecule has 0 rings (SSSR count). The van der Waals surface area contributed by atoms with Crippen molar-refractivity contribution >= 4 is 29.7 Å². The van der Waals surface area contributed by atoms with Crippen molar-refractivity contribution in [1.82, 2.24) is 10.6 Å². The molecule has 2 N–H and O–H groups in total. The van der Waals surface area contributed by atoms with Crippen LogP contribution in [0.1, 0.15) is 34.6 Å². The summed E-state index contributed by atoms with van der Waals surface area (Å²) < 4.78 is 9.84. The van der Waals surface area contributed by atoms with Crippen LogP contribution in [0, 0.1) is 5.92 Å². The minimum atomic E-state index is -0.807. The van der Waals surface area contributed by atoms with E-state index in [1.807, 2.05) is 6.26 Å². The van der Waals surface area contributed by atoms with Crippen LogP contribution in [-0.2, 0) is 19.1 Å². The minimum absolute atomic E-state index is 0.171. The quantitative estimate of drug-likeness (QED) is 0.678. The third kappa shape index (κ3) is 8.68. The SMILES string of the molecule is COC(=O)[C@H](CSC)NC(=O)[C@@H](NC(=O)OC(C)(C)C)C(C)C. The second kappa shape index (κ2) is 9.64. The highest BCUT2D eigenvalue weighted by Crippen LogP contribution is 2.09. The number of hydrogen-bond acceptors (Lipinski definition) is 6. The lowest BCUT2D eigenvalue weighted by Crippen LogP contribution is -2.55. The first-order chi connectivity index (χ1) is 10.5. The Morgan fingerprint density at radius 3 is 2.09 bits per heavy atom. The van der Waals surface area contributed by atoms with Gasteiger partial charge in [0.05, 0.1) is 7.11 Å². The van der Waals surface area contributed by atoms with Crippen LogP contribution >= 0.6 is 11.8 Å². The monoisotopic (exact) mass is 348 g/mol. The van der Waals surface area contributed by atoms with Crippen LogP contribution in [0.2, 0.25) is 0 Å². The summed E-state index contributed by atoms with van der Waals surface area (Å²) in [6.45, 7) is 8.81. The molecule has 8 heteroatoms. The molecule has 0 heterocycles. The molecule has 0 fully saturated rings. The second-order valence-electron chi connectivity index (χ2n) is 6.41. The number of nitrogens with one attached hydrogen (secondary N) is 2. The van der Waals surface area contributed by atoms with E-state index in [0.717, 1.165) is 0 Å². The molecule has 0 aromatic carbocycles. The van der Waals surface area contributed by atoms with Gasteiger partial charge in [0.1, 0.15) is 17.7 Å². The van der Waals surface area contributed by atoms with Crippen molar-refractivity contribution in [1.29, 1.82) is 0 Å². The fourth-order valence-electron chi connectivity index (χ4n) is 1.71. The first-order valence-electron chi connectivity index (χ1n) is 7.38. The molecule has 0 aliphatic rings. The van der Waals surface area contributed by atoms with E-state index in [0.29, 0.717) is 5.75 Å². The van der Waals surface area contributed by atoms with E-state index in [2.05, 4.69) is 15.4 Å². The van der Waals surface area contributed by atoms with Gasteiger partial charge in [-0.2, -0.15) is 11.8 Å². The van der Waals surface area contributed by atoms with Crippen molar-refractivity contribution in [3.63, 3.8) is 0 Å². The number of hydrogen-bond donors (Lipinski definition) is 2. The first kappa shape index (κ1) is 21.6. The molecule has 2 amide bonds. The Bertz CT molecular complexity index is 421. The van der Waals surface area contributed by atoms with Gasteiger partial charge in [-0.15, -0.1) is 0 Å². The Balaban J connectivity index is 4.91. The van der Waals surface area contributed by atoms with Crippen LogP contribution in [0.3, 0.4) is 0 Å². The highest BCUT2D eigenvalue weighted by Gasteiger charge is 2.30. The van der Waals surface area contributed by atoms with Gasteiger partial charge in [-0.3, -0.25) is 4.79 Å². The summed E-state index contributed by atoms with van der Waals surface area (Å²) in [5, 5.41) is 5.16. The van der Waals surface area contributed by atoms with Crippen molar-refractivity contribution < 1.29 is 23.9 Å². The number of rotatable bonds is 7. The molecule has 0 aromatic rings. The van der Waals surface area contributed by atoms with Crippen LogP contribution in [0.25, 0.3) is 0 Å². The maximum Gasteiger partial charge on any atom is 0.408 e. The van der Waals surface area contributed by atoms with Crippen LogP contribution in [-0.4, -0.2) is 54.8 Å². The van der Waals surface area contributed by atoms with Gasteiger partial charge in [-0.25, -0.2) is 9.59 Å². The maximum absolute atomic E-state index is 12.4. The van der Waals surface area contributed by atoms with Gasteiger partial charge in [-0.1, -0.05) is 13.8 Å². The summed E-state index contributed by atoms with van der Waals surface area (Å²) in [5.41, 5.74) is -0.657. The zero-order valence-electron chi connectivity index (χ0n) is 14.9. The molecule has 0 saturated heterocycles. The fraction of sp³-hybridized carbons (Fsp3) is 0.800. The summed E-state index contributed by atoms with van der Waals surface area (Å²) in [6.07, 6.45) is 1.15. The van der Waals surface area contributed by atoms with Gasteiger partial charge in [0.25, 0.3) is 0 Å². The largest absolute Gasteiger partial charge is 0.467 e. The van der Waals surface area contributed by atoms with Crippen molar-refractivity contribution in [2.45, 2.75) is 52.3 Å². The molecule has 2 atom stereocenters. The average Bonchev–Trinajstić information content (AvgIpc) is 2.41. The number of alkyl carbamates (subject to hydrolysis) is 1. The summed E-state index contributed by atoms with van der Waals surface area (Å²) in [7, 11) is 1.26. The summed E-state index contributed by atoms with van der Waals surface area (Å²) in [6, 6.07) is -1.57. The van der Waals surface area contributed by atoms with Crippen LogP contribution < -0.4 is 10.6 Å². The zero-order valence-corrected chi connectivity index (χ0v) is 15.7. The Labute approximate surface area is 142 Å². The molecule has 0 spiro atoms. The molecule has 0 unspecified atom stereocenters. The van der Waals surface area contributed by atoms with Gasteiger partial charge in [0.2, 0.25) is 5.91 Å². The van der Waals surface area contributed by atoms with Crippen molar-refractivity contribution in [3.8, 4) is 0 Å². The van der Waals surface area contributed by atoms with Crippen molar-refractivity contribution in [2.75, 3.05) is 19.1 Å². The van der Waals surface area contributed by atoms with Crippen molar-refractivity contribution in [2.24, 2.45) is 5.92 Å². The molecule has 0 saturated carbocycles. The summed E-state index contributed by atoms with van der Waals surface area (Å²) in [5.74, 6) is -0.756. The third-order valence-corrected chi connectivity index (χ3v) is 3.42. The number of esters is 1. The number of ether oxygens (including phenoxy) is 2. The number of amides is 2. The van der Waals surface area contributed by atoms with E-state index in [1.165, 1.54) is 18.9 Å². The zero-order chi connectivity index (χ0) is 18.2. The maximum atomic E-state index is 12.4. The lowest BCUT2D eigenvalue weighted by atomic mass is 10.0. The highest BCUT2D eigenvalue weighted by molar-refractivity contribution is 7.98.